The fourth-order valence-electron chi connectivity index (χ4n) is 1.99. The van der Waals surface area contributed by atoms with Crippen LogP contribution in [-0.2, 0) is 4.74 Å². The highest BCUT2D eigenvalue weighted by Crippen LogP contribution is 2.42. The van der Waals surface area contributed by atoms with Crippen LogP contribution in [0.3, 0.4) is 0 Å². The summed E-state index contributed by atoms with van der Waals surface area (Å²) in [4.78, 5) is 9.26. The minimum atomic E-state index is -0.995. The van der Waals surface area contributed by atoms with E-state index in [2.05, 4.69) is 13.8 Å². The van der Waals surface area contributed by atoms with E-state index in [1.807, 2.05) is 11.4 Å². The maximum atomic E-state index is 9.48. The number of nitrogens with one attached hydrogen (secondary N) is 1. The fourth-order valence-corrected chi connectivity index (χ4v) is 1.99. The van der Waals surface area contributed by atoms with E-state index < -0.39 is 6.09 Å². The van der Waals surface area contributed by atoms with Crippen LogP contribution in [0, 0.1) is 5.92 Å². The molecule has 3 N–H and O–H groups in total. The van der Waals surface area contributed by atoms with E-state index in [1.165, 1.54) is 7.05 Å². The van der Waals surface area contributed by atoms with Crippen molar-refractivity contribution >= 4 is 6.09 Å². The van der Waals surface area contributed by atoms with Gasteiger partial charge in [-0.1, -0.05) is 6.08 Å². The van der Waals surface area contributed by atoms with Crippen LogP contribution >= 0.6 is 0 Å². The van der Waals surface area contributed by atoms with Crippen LogP contribution in [0.4, 0.5) is 4.79 Å². The third kappa shape index (κ3) is 3.69. The lowest BCUT2D eigenvalue weighted by Crippen LogP contribution is -2.16. The number of ether oxygens (including phenoxy) is 1. The number of carboxylic acid groups (broad SMARTS) is 1. The average molecular weight is 241 g/mol. The van der Waals surface area contributed by atoms with E-state index in [0.717, 1.165) is 18.6 Å². The summed E-state index contributed by atoms with van der Waals surface area (Å²) in [5.41, 5.74) is -0.0972. The van der Waals surface area contributed by atoms with Crippen molar-refractivity contribution in [2.24, 2.45) is 5.92 Å². The zero-order chi connectivity index (χ0) is 13.1. The molecule has 1 unspecified atom stereocenters. The molecule has 5 heteroatoms. The molecule has 96 valence electrons. The molecule has 2 aliphatic rings. The summed E-state index contributed by atoms with van der Waals surface area (Å²) in [6, 6.07) is 0. The molecule has 1 atom stereocenters. The lowest BCUT2D eigenvalue weighted by molar-refractivity contribution is 0.0700. The van der Waals surface area contributed by atoms with Crippen LogP contribution < -0.4 is 5.32 Å². The summed E-state index contributed by atoms with van der Waals surface area (Å²) < 4.78 is 5.64. The second-order valence-corrected chi connectivity index (χ2v) is 4.71. The Labute approximate surface area is 101 Å². The first-order valence-electron chi connectivity index (χ1n) is 5.55. The number of aliphatic hydroxyl groups excluding tert-OH is 1. The normalized spacial score (nSPS) is 24.3. The third-order valence-electron chi connectivity index (χ3n) is 2.66. The Morgan fingerprint density at radius 2 is 2.18 bits per heavy atom. The molecule has 0 bridgehead atoms. The molecule has 0 radical (unpaired) electrons. The van der Waals surface area contributed by atoms with Crippen LogP contribution in [0.1, 0.15) is 26.7 Å². The SMILES string of the molecule is CC1(C)CC2CC=CC(O)=C2O1.CNC(=O)O. The van der Waals surface area contributed by atoms with Gasteiger partial charge in [-0.25, -0.2) is 4.79 Å². The zero-order valence-corrected chi connectivity index (χ0v) is 10.4. The highest BCUT2D eigenvalue weighted by atomic mass is 16.5. The van der Waals surface area contributed by atoms with Crippen LogP contribution in [0.25, 0.3) is 0 Å². The van der Waals surface area contributed by atoms with E-state index in [1.54, 1.807) is 6.08 Å². The van der Waals surface area contributed by atoms with Gasteiger partial charge in [-0.2, -0.15) is 0 Å². The van der Waals surface area contributed by atoms with Gasteiger partial charge in [-0.3, -0.25) is 0 Å². The molecule has 0 aromatic rings. The molecular formula is C12H19NO4. The largest absolute Gasteiger partial charge is 0.504 e. The van der Waals surface area contributed by atoms with Gasteiger partial charge in [0.05, 0.1) is 0 Å². The van der Waals surface area contributed by atoms with E-state index in [-0.39, 0.29) is 5.60 Å². The summed E-state index contributed by atoms with van der Waals surface area (Å²) >= 11 is 0. The minimum absolute atomic E-state index is 0.0972. The monoisotopic (exact) mass is 241 g/mol. The van der Waals surface area contributed by atoms with Crippen molar-refractivity contribution in [2.75, 3.05) is 7.05 Å². The third-order valence-corrected chi connectivity index (χ3v) is 2.66. The Morgan fingerprint density at radius 1 is 1.59 bits per heavy atom. The molecule has 1 aliphatic carbocycles. The van der Waals surface area contributed by atoms with Crippen molar-refractivity contribution in [1.82, 2.24) is 5.32 Å². The number of hydrogen-bond donors (Lipinski definition) is 3. The van der Waals surface area contributed by atoms with Gasteiger partial charge in [-0.15, -0.1) is 0 Å². The molecule has 1 fully saturated rings. The van der Waals surface area contributed by atoms with E-state index in [4.69, 9.17) is 9.84 Å². The summed E-state index contributed by atoms with van der Waals surface area (Å²) in [5, 5.41) is 19.0. The van der Waals surface area contributed by atoms with Gasteiger partial charge in [0, 0.05) is 13.0 Å². The number of fused-ring (bicyclic) bond motifs is 1. The van der Waals surface area contributed by atoms with Crippen molar-refractivity contribution in [2.45, 2.75) is 32.3 Å². The Bertz CT molecular complexity index is 358. The first kappa shape index (κ1) is 13.4. The molecule has 1 heterocycles. The van der Waals surface area contributed by atoms with E-state index in [9.17, 15) is 9.90 Å². The molecule has 17 heavy (non-hydrogen) atoms. The molecule has 0 spiro atoms. The molecule has 5 nitrogen and oxygen atoms in total. The van der Waals surface area contributed by atoms with Crippen LogP contribution in [0.2, 0.25) is 0 Å². The zero-order valence-electron chi connectivity index (χ0n) is 10.4. The predicted octanol–water partition coefficient (Wildman–Crippen LogP) is 2.41. The molecule has 1 saturated heterocycles. The number of carbonyl (C=O) groups is 1. The lowest BCUT2D eigenvalue weighted by Gasteiger charge is -2.17. The number of allylic oxidation sites excluding steroid dienone is 3. The smallest absolute Gasteiger partial charge is 0.404 e. The number of rotatable bonds is 0. The fraction of sp³-hybridized carbons (Fsp3) is 0.583. The molecule has 1 aliphatic heterocycles. The first-order valence-corrected chi connectivity index (χ1v) is 5.55. The Kier molecular flexibility index (Phi) is 4.04. The van der Waals surface area contributed by atoms with Crippen LogP contribution in [0.5, 0.6) is 0 Å². The van der Waals surface area contributed by atoms with Crippen molar-refractivity contribution < 1.29 is 19.7 Å². The average Bonchev–Trinajstić information content (AvgIpc) is 2.55. The van der Waals surface area contributed by atoms with Gasteiger partial charge in [0.1, 0.15) is 11.4 Å². The quantitative estimate of drug-likeness (QED) is 0.608. The first-order chi connectivity index (χ1) is 7.85. The minimum Gasteiger partial charge on any atom is -0.504 e. The lowest BCUT2D eigenvalue weighted by atomic mass is 9.91. The summed E-state index contributed by atoms with van der Waals surface area (Å²) in [7, 11) is 1.35. The number of hydrogen-bond acceptors (Lipinski definition) is 3. The van der Waals surface area contributed by atoms with Crippen molar-refractivity contribution in [3.05, 3.63) is 23.7 Å². The van der Waals surface area contributed by atoms with E-state index >= 15 is 0 Å². The van der Waals surface area contributed by atoms with Gasteiger partial charge in [0.25, 0.3) is 0 Å². The molecule has 1 amide bonds. The molecule has 2 rings (SSSR count). The second-order valence-electron chi connectivity index (χ2n) is 4.71. The maximum Gasteiger partial charge on any atom is 0.404 e. The second kappa shape index (κ2) is 5.12. The Morgan fingerprint density at radius 3 is 2.65 bits per heavy atom. The topological polar surface area (TPSA) is 78.8 Å². The summed E-state index contributed by atoms with van der Waals surface area (Å²) in [5.74, 6) is 1.52. The van der Waals surface area contributed by atoms with Crippen LogP contribution in [0.15, 0.2) is 23.7 Å². The van der Waals surface area contributed by atoms with Crippen molar-refractivity contribution in [1.29, 1.82) is 0 Å². The highest BCUT2D eigenvalue weighted by Gasteiger charge is 2.38. The number of aliphatic hydroxyl groups is 1. The summed E-state index contributed by atoms with van der Waals surface area (Å²) in [6.07, 6.45) is 4.76. The molecule has 0 aromatic heterocycles. The van der Waals surface area contributed by atoms with E-state index in [0.29, 0.717) is 11.7 Å². The standard InChI is InChI=1S/C10H14O2.C2H5NO2/c1-10(2)6-7-4-3-5-8(11)9(7)12-10;1-3-2(4)5/h3,5,7,11H,4,6H2,1-2H3;3H,1H3,(H,4,5). The Balaban J connectivity index is 0.000000249. The van der Waals surface area contributed by atoms with Gasteiger partial charge < -0.3 is 20.3 Å². The van der Waals surface area contributed by atoms with Gasteiger partial charge in [-0.05, 0) is 32.8 Å². The Hall–Kier alpha value is -1.65. The van der Waals surface area contributed by atoms with Gasteiger partial charge in [0.2, 0.25) is 0 Å². The molecular weight excluding hydrogens is 222 g/mol. The molecule has 0 saturated carbocycles. The van der Waals surface area contributed by atoms with Crippen molar-refractivity contribution in [3.63, 3.8) is 0 Å². The predicted molar refractivity (Wildman–Crippen MR) is 63.8 cm³/mol. The highest BCUT2D eigenvalue weighted by molar-refractivity contribution is 5.63. The van der Waals surface area contributed by atoms with Crippen molar-refractivity contribution in [3.8, 4) is 0 Å². The number of amides is 1. The summed E-state index contributed by atoms with van der Waals surface area (Å²) in [6.45, 7) is 4.12. The van der Waals surface area contributed by atoms with Crippen LogP contribution in [-0.4, -0.2) is 29.0 Å². The maximum absolute atomic E-state index is 9.48. The van der Waals surface area contributed by atoms with Gasteiger partial charge >= 0.3 is 6.09 Å². The van der Waals surface area contributed by atoms with Gasteiger partial charge in [0.15, 0.2) is 5.76 Å². The molecule has 0 aromatic carbocycles.